The number of hydrogen-bond acceptors (Lipinski definition) is 4. The molecule has 0 spiro atoms. The lowest BCUT2D eigenvalue weighted by Crippen LogP contribution is -2.44. The van der Waals surface area contributed by atoms with Gasteiger partial charge in [-0.1, -0.05) is 19.3 Å². The predicted octanol–water partition coefficient (Wildman–Crippen LogP) is 3.37. The van der Waals surface area contributed by atoms with Gasteiger partial charge in [0.2, 0.25) is 0 Å². The molecule has 2 aliphatic rings. The largest absolute Gasteiger partial charge is 0.316 e. The van der Waals surface area contributed by atoms with Crippen molar-refractivity contribution in [2.24, 2.45) is 5.29 Å². The molecule has 0 aromatic heterocycles. The number of rotatable bonds is 5. The van der Waals surface area contributed by atoms with E-state index in [9.17, 15) is 9.47 Å². The molecule has 8 heteroatoms. The highest BCUT2D eigenvalue weighted by atomic mass is 35.5. The van der Waals surface area contributed by atoms with E-state index in [2.05, 4.69) is 5.29 Å². The van der Waals surface area contributed by atoms with E-state index in [1.165, 1.54) is 11.5 Å². The zero-order chi connectivity index (χ0) is 13.7. The fraction of sp³-hybridized carbons (Fsp3) is 1.00. The van der Waals surface area contributed by atoms with E-state index in [0.29, 0.717) is 13.2 Å². The van der Waals surface area contributed by atoms with Gasteiger partial charge >= 0.3 is 0 Å². The Kier molecular flexibility index (Phi) is 5.63. The van der Waals surface area contributed by atoms with Crippen LogP contribution in [-0.2, 0) is 9.09 Å². The van der Waals surface area contributed by atoms with Crippen LogP contribution < -0.4 is 0 Å². The van der Waals surface area contributed by atoms with E-state index in [-0.39, 0.29) is 18.1 Å². The minimum absolute atomic E-state index is 0.0288. The van der Waals surface area contributed by atoms with E-state index in [0.717, 1.165) is 32.1 Å². The van der Waals surface area contributed by atoms with Crippen LogP contribution in [0.15, 0.2) is 5.29 Å². The molecule has 0 aromatic carbocycles. The van der Waals surface area contributed by atoms with Crippen LogP contribution in [0.2, 0.25) is 0 Å². The third-order valence-corrected chi connectivity index (χ3v) is 6.99. The Morgan fingerprint density at radius 1 is 1.32 bits per heavy atom. The summed E-state index contributed by atoms with van der Waals surface area (Å²) in [5.74, 6) is 0.271. The molecule has 1 unspecified atom stereocenters. The maximum absolute atomic E-state index is 13.2. The van der Waals surface area contributed by atoms with Crippen molar-refractivity contribution < 1.29 is 9.09 Å². The van der Waals surface area contributed by atoms with Gasteiger partial charge < -0.3 is 4.52 Å². The minimum Gasteiger partial charge on any atom is -0.316 e. The summed E-state index contributed by atoms with van der Waals surface area (Å²) in [5, 5.41) is 4.16. The molecule has 1 aliphatic heterocycles. The molecule has 0 radical (unpaired) electrons. The summed E-state index contributed by atoms with van der Waals surface area (Å²) in [6.07, 6.45) is 5.91. The van der Waals surface area contributed by atoms with Crippen LogP contribution in [0.1, 0.15) is 38.5 Å². The van der Waals surface area contributed by atoms with Crippen molar-refractivity contribution in [1.82, 2.24) is 9.90 Å². The van der Waals surface area contributed by atoms with Crippen LogP contribution in [0.3, 0.4) is 0 Å². The number of alkyl halides is 1. The highest BCUT2D eigenvalue weighted by molar-refractivity contribution is 7.57. The van der Waals surface area contributed by atoms with Crippen molar-refractivity contribution in [3.8, 4) is 0 Å². The standard InChI is InChI=1S/C11H21ClN3O3P/c12-7-9-14(13-16)15-8-4-10-18-19(15,17)11-5-2-1-3-6-11/h11H,1-10H2. The van der Waals surface area contributed by atoms with Crippen molar-refractivity contribution >= 4 is 19.1 Å². The zero-order valence-corrected chi connectivity index (χ0v) is 12.7. The van der Waals surface area contributed by atoms with Crippen molar-refractivity contribution in [2.45, 2.75) is 44.2 Å². The second kappa shape index (κ2) is 7.02. The minimum atomic E-state index is -2.99. The molecule has 1 saturated heterocycles. The number of halogens is 1. The van der Waals surface area contributed by atoms with E-state index in [1.54, 1.807) is 4.78 Å². The molecule has 0 bridgehead atoms. The monoisotopic (exact) mass is 309 g/mol. The summed E-state index contributed by atoms with van der Waals surface area (Å²) in [6.45, 7) is 1.32. The van der Waals surface area contributed by atoms with Gasteiger partial charge in [0.1, 0.15) is 0 Å². The van der Waals surface area contributed by atoms with Gasteiger partial charge in [-0.05, 0) is 19.3 Å². The second-order valence-corrected chi connectivity index (χ2v) is 7.96. The number of nitroso groups, excluding NO2 is 1. The topological polar surface area (TPSA) is 62.2 Å². The zero-order valence-electron chi connectivity index (χ0n) is 11.0. The maximum atomic E-state index is 13.2. The van der Waals surface area contributed by atoms with Crippen molar-refractivity contribution in [2.75, 3.05) is 25.6 Å². The van der Waals surface area contributed by atoms with Crippen LogP contribution in [0.5, 0.6) is 0 Å². The van der Waals surface area contributed by atoms with Gasteiger partial charge in [-0.2, -0.15) is 5.12 Å². The van der Waals surface area contributed by atoms with Gasteiger partial charge in [-0.3, -0.25) is 4.57 Å². The van der Waals surface area contributed by atoms with E-state index in [4.69, 9.17) is 16.1 Å². The molecule has 0 N–H and O–H groups in total. The summed E-state index contributed by atoms with van der Waals surface area (Å²) < 4.78 is 20.4. The first kappa shape index (κ1) is 15.2. The molecule has 1 atom stereocenters. The quantitative estimate of drug-likeness (QED) is 0.337. The Bertz CT molecular complexity index is 352. The van der Waals surface area contributed by atoms with Gasteiger partial charge in [-0.25, -0.2) is 0 Å². The fourth-order valence-corrected chi connectivity index (χ4v) is 5.95. The molecule has 19 heavy (non-hydrogen) atoms. The molecular formula is C11H21ClN3O3P. The summed E-state index contributed by atoms with van der Waals surface area (Å²) in [5.41, 5.74) is 0.0288. The Hall–Kier alpha value is -0.160. The van der Waals surface area contributed by atoms with E-state index < -0.39 is 7.52 Å². The summed E-state index contributed by atoms with van der Waals surface area (Å²) in [7, 11) is -2.99. The Morgan fingerprint density at radius 3 is 2.68 bits per heavy atom. The smallest absolute Gasteiger partial charge is 0.294 e. The molecule has 1 aliphatic carbocycles. The van der Waals surface area contributed by atoms with Gasteiger partial charge in [0.25, 0.3) is 7.52 Å². The van der Waals surface area contributed by atoms with Crippen LogP contribution >= 0.6 is 19.1 Å². The molecule has 1 heterocycles. The molecule has 110 valence electrons. The van der Waals surface area contributed by atoms with Crippen LogP contribution in [0.4, 0.5) is 0 Å². The van der Waals surface area contributed by atoms with Gasteiger partial charge in [-0.15, -0.1) is 21.3 Å². The average molecular weight is 310 g/mol. The molecule has 0 aromatic rings. The highest BCUT2D eigenvalue weighted by Crippen LogP contribution is 2.61. The van der Waals surface area contributed by atoms with Gasteiger partial charge in [0.05, 0.1) is 24.1 Å². The van der Waals surface area contributed by atoms with Crippen LogP contribution in [0.25, 0.3) is 0 Å². The Balaban J connectivity index is 2.17. The van der Waals surface area contributed by atoms with E-state index >= 15 is 0 Å². The fourth-order valence-electron chi connectivity index (χ4n) is 2.84. The number of hydrazine groups is 1. The highest BCUT2D eigenvalue weighted by Gasteiger charge is 2.45. The molecule has 6 nitrogen and oxygen atoms in total. The Morgan fingerprint density at radius 2 is 2.05 bits per heavy atom. The first-order valence-electron chi connectivity index (χ1n) is 6.91. The molecule has 2 rings (SSSR count). The van der Waals surface area contributed by atoms with Crippen LogP contribution in [-0.4, -0.2) is 41.1 Å². The molecule has 2 fully saturated rings. The average Bonchev–Trinajstić information content (AvgIpc) is 2.47. The second-order valence-electron chi connectivity index (χ2n) is 5.01. The molecule has 1 saturated carbocycles. The van der Waals surface area contributed by atoms with Gasteiger partial charge in [0, 0.05) is 12.4 Å². The van der Waals surface area contributed by atoms with Crippen LogP contribution in [0, 0.1) is 4.91 Å². The first-order chi connectivity index (χ1) is 9.22. The molecular weight excluding hydrogens is 289 g/mol. The van der Waals surface area contributed by atoms with Crippen molar-refractivity contribution in [3.05, 3.63) is 4.91 Å². The van der Waals surface area contributed by atoms with E-state index in [1.807, 2.05) is 0 Å². The third kappa shape index (κ3) is 3.30. The van der Waals surface area contributed by atoms with Gasteiger partial charge in [0.15, 0.2) is 0 Å². The SMILES string of the molecule is O=NN(CCCl)N1CCCOP1(=O)C1CCCCC1. The lowest BCUT2D eigenvalue weighted by molar-refractivity contribution is 0.0195. The summed E-state index contributed by atoms with van der Waals surface area (Å²) in [6, 6.07) is 0. The first-order valence-corrected chi connectivity index (χ1v) is 9.09. The normalized spacial score (nSPS) is 30.2. The number of nitrogens with zero attached hydrogens (tertiary/aromatic N) is 3. The lowest BCUT2D eigenvalue weighted by Gasteiger charge is -2.42. The summed E-state index contributed by atoms with van der Waals surface area (Å²) in [4.78, 5) is 11.0. The summed E-state index contributed by atoms with van der Waals surface area (Å²) >= 11 is 5.68. The number of hydrogen-bond donors (Lipinski definition) is 0. The van der Waals surface area contributed by atoms with Crippen molar-refractivity contribution in [3.63, 3.8) is 0 Å². The predicted molar refractivity (Wildman–Crippen MR) is 75.0 cm³/mol. The Labute approximate surface area is 118 Å². The van der Waals surface area contributed by atoms with Crippen molar-refractivity contribution in [1.29, 1.82) is 0 Å². The maximum Gasteiger partial charge on any atom is 0.294 e. The third-order valence-electron chi connectivity index (χ3n) is 3.78. The lowest BCUT2D eigenvalue weighted by atomic mass is 10.0. The molecule has 0 amide bonds.